The minimum absolute atomic E-state index is 0.181. The van der Waals surface area contributed by atoms with Crippen LogP contribution in [0.5, 0.6) is 0 Å². The molecule has 1 N–H and O–H groups in total. The van der Waals surface area contributed by atoms with Gasteiger partial charge in [0, 0.05) is 12.2 Å². The molecular formula is C14H20FN. The van der Waals surface area contributed by atoms with Gasteiger partial charge in [0.05, 0.1) is 0 Å². The van der Waals surface area contributed by atoms with Gasteiger partial charge in [-0.25, -0.2) is 4.39 Å². The van der Waals surface area contributed by atoms with Crippen LogP contribution in [0, 0.1) is 12.7 Å². The quantitative estimate of drug-likeness (QED) is 0.535. The highest BCUT2D eigenvalue weighted by Crippen LogP contribution is 2.16. The van der Waals surface area contributed by atoms with Crippen LogP contribution >= 0.6 is 0 Å². The molecular weight excluding hydrogens is 201 g/mol. The zero-order valence-electron chi connectivity index (χ0n) is 9.93. The van der Waals surface area contributed by atoms with E-state index in [9.17, 15) is 4.39 Å². The third-order valence-corrected chi connectivity index (χ3v) is 2.60. The molecule has 0 aliphatic carbocycles. The second-order valence-electron chi connectivity index (χ2n) is 4.02. The van der Waals surface area contributed by atoms with Crippen molar-refractivity contribution in [2.24, 2.45) is 0 Å². The lowest BCUT2D eigenvalue weighted by Gasteiger charge is -2.09. The van der Waals surface area contributed by atoms with Gasteiger partial charge in [-0.2, -0.15) is 0 Å². The normalized spacial score (nSPS) is 10.1. The number of aryl methyl sites for hydroxylation is 1. The molecule has 0 bridgehead atoms. The Balaban J connectivity index is 2.26. The lowest BCUT2D eigenvalue weighted by Crippen LogP contribution is -2.03. The Labute approximate surface area is 97.4 Å². The van der Waals surface area contributed by atoms with Crippen LogP contribution in [0.25, 0.3) is 0 Å². The third-order valence-electron chi connectivity index (χ3n) is 2.60. The molecule has 0 saturated carbocycles. The summed E-state index contributed by atoms with van der Waals surface area (Å²) in [6.07, 6.45) is 6.52. The lowest BCUT2D eigenvalue weighted by molar-refractivity contribution is 0.627. The van der Waals surface area contributed by atoms with Gasteiger partial charge in [-0.15, -0.1) is 6.58 Å². The average Bonchev–Trinajstić information content (AvgIpc) is 2.28. The van der Waals surface area contributed by atoms with Crippen molar-refractivity contribution in [2.45, 2.75) is 32.6 Å². The SMILES string of the molecule is C=CCCCCCNc1cc(F)ccc1C. The molecule has 16 heavy (non-hydrogen) atoms. The topological polar surface area (TPSA) is 12.0 Å². The van der Waals surface area contributed by atoms with Crippen LogP contribution < -0.4 is 5.32 Å². The Morgan fingerprint density at radius 1 is 1.31 bits per heavy atom. The van der Waals surface area contributed by atoms with Crippen molar-refractivity contribution in [3.05, 3.63) is 42.2 Å². The van der Waals surface area contributed by atoms with Crippen molar-refractivity contribution in [1.29, 1.82) is 0 Å². The summed E-state index contributed by atoms with van der Waals surface area (Å²) in [7, 11) is 0. The summed E-state index contributed by atoms with van der Waals surface area (Å²) in [4.78, 5) is 0. The average molecular weight is 221 g/mol. The number of nitrogens with one attached hydrogen (secondary N) is 1. The van der Waals surface area contributed by atoms with Crippen LogP contribution in [-0.4, -0.2) is 6.54 Å². The predicted octanol–water partition coefficient (Wildman–Crippen LogP) is 4.29. The number of anilines is 1. The van der Waals surface area contributed by atoms with Gasteiger partial charge < -0.3 is 5.32 Å². The molecule has 1 rings (SSSR count). The van der Waals surface area contributed by atoms with Gasteiger partial charge in [-0.3, -0.25) is 0 Å². The summed E-state index contributed by atoms with van der Waals surface area (Å²) in [6.45, 7) is 6.58. The highest BCUT2D eigenvalue weighted by Gasteiger charge is 1.98. The Bertz CT molecular complexity index is 334. The maximum absolute atomic E-state index is 13.0. The van der Waals surface area contributed by atoms with E-state index in [-0.39, 0.29) is 5.82 Å². The number of allylic oxidation sites excluding steroid dienone is 1. The molecule has 0 aliphatic heterocycles. The highest BCUT2D eigenvalue weighted by molar-refractivity contribution is 5.50. The van der Waals surface area contributed by atoms with E-state index in [4.69, 9.17) is 0 Å². The van der Waals surface area contributed by atoms with Crippen molar-refractivity contribution in [2.75, 3.05) is 11.9 Å². The largest absolute Gasteiger partial charge is 0.385 e. The van der Waals surface area contributed by atoms with E-state index in [1.807, 2.05) is 13.0 Å². The van der Waals surface area contributed by atoms with Crippen LogP contribution in [0.15, 0.2) is 30.9 Å². The maximum Gasteiger partial charge on any atom is 0.125 e. The molecule has 1 nitrogen and oxygen atoms in total. The molecule has 0 aromatic heterocycles. The predicted molar refractivity (Wildman–Crippen MR) is 68.3 cm³/mol. The number of benzene rings is 1. The smallest absolute Gasteiger partial charge is 0.125 e. The Kier molecular flexibility index (Phi) is 5.62. The molecule has 0 radical (unpaired) electrons. The van der Waals surface area contributed by atoms with E-state index in [1.54, 1.807) is 12.1 Å². The second-order valence-corrected chi connectivity index (χ2v) is 4.02. The number of halogens is 1. The molecule has 1 aromatic carbocycles. The molecule has 2 heteroatoms. The van der Waals surface area contributed by atoms with E-state index < -0.39 is 0 Å². The summed E-state index contributed by atoms with van der Waals surface area (Å²) in [5.74, 6) is -0.181. The highest BCUT2D eigenvalue weighted by atomic mass is 19.1. The van der Waals surface area contributed by atoms with Crippen LogP contribution in [0.3, 0.4) is 0 Å². The summed E-state index contributed by atoms with van der Waals surface area (Å²) in [5, 5.41) is 3.26. The summed E-state index contributed by atoms with van der Waals surface area (Å²) in [5.41, 5.74) is 2.00. The summed E-state index contributed by atoms with van der Waals surface area (Å²) in [6, 6.07) is 4.85. The first-order valence-corrected chi connectivity index (χ1v) is 5.85. The van der Waals surface area contributed by atoms with Gasteiger partial charge in [0.2, 0.25) is 0 Å². The molecule has 0 unspecified atom stereocenters. The summed E-state index contributed by atoms with van der Waals surface area (Å²) < 4.78 is 13.0. The number of rotatable bonds is 7. The fourth-order valence-electron chi connectivity index (χ4n) is 1.60. The first-order valence-electron chi connectivity index (χ1n) is 5.85. The Hall–Kier alpha value is -1.31. The molecule has 0 atom stereocenters. The number of hydrogen-bond donors (Lipinski definition) is 1. The van der Waals surface area contributed by atoms with Crippen molar-refractivity contribution in [3.8, 4) is 0 Å². The van der Waals surface area contributed by atoms with Gasteiger partial charge >= 0.3 is 0 Å². The summed E-state index contributed by atoms with van der Waals surface area (Å²) >= 11 is 0. The van der Waals surface area contributed by atoms with Gasteiger partial charge in [0.15, 0.2) is 0 Å². The maximum atomic E-state index is 13.0. The molecule has 88 valence electrons. The molecule has 0 spiro atoms. The monoisotopic (exact) mass is 221 g/mol. The van der Waals surface area contributed by atoms with Crippen LogP contribution in [-0.2, 0) is 0 Å². The van der Waals surface area contributed by atoms with E-state index >= 15 is 0 Å². The minimum Gasteiger partial charge on any atom is -0.385 e. The second kappa shape index (κ2) is 7.04. The van der Waals surface area contributed by atoms with Crippen molar-refractivity contribution in [1.82, 2.24) is 0 Å². The van der Waals surface area contributed by atoms with Gasteiger partial charge in [0.1, 0.15) is 5.82 Å². The van der Waals surface area contributed by atoms with Crippen molar-refractivity contribution >= 4 is 5.69 Å². The van der Waals surface area contributed by atoms with Crippen LogP contribution in [0.2, 0.25) is 0 Å². The molecule has 1 aromatic rings. The zero-order valence-corrected chi connectivity index (χ0v) is 9.93. The molecule has 0 aliphatic rings. The third kappa shape index (κ3) is 4.47. The van der Waals surface area contributed by atoms with E-state index in [0.717, 1.165) is 30.6 Å². The van der Waals surface area contributed by atoms with Crippen LogP contribution in [0.4, 0.5) is 10.1 Å². The van der Waals surface area contributed by atoms with Crippen LogP contribution in [0.1, 0.15) is 31.2 Å². The van der Waals surface area contributed by atoms with Gasteiger partial charge in [-0.05, 0) is 43.9 Å². The molecule has 0 fully saturated rings. The van der Waals surface area contributed by atoms with Gasteiger partial charge in [0.25, 0.3) is 0 Å². The van der Waals surface area contributed by atoms with E-state index in [1.165, 1.54) is 18.9 Å². The molecule has 0 saturated heterocycles. The van der Waals surface area contributed by atoms with Gasteiger partial charge in [-0.1, -0.05) is 18.6 Å². The first kappa shape index (κ1) is 12.8. The number of hydrogen-bond acceptors (Lipinski definition) is 1. The minimum atomic E-state index is -0.181. The first-order chi connectivity index (χ1) is 7.74. The van der Waals surface area contributed by atoms with Crippen molar-refractivity contribution in [3.63, 3.8) is 0 Å². The van der Waals surface area contributed by atoms with E-state index in [0.29, 0.717) is 0 Å². The molecule has 0 amide bonds. The Morgan fingerprint density at radius 2 is 2.12 bits per heavy atom. The van der Waals surface area contributed by atoms with E-state index in [2.05, 4.69) is 11.9 Å². The Morgan fingerprint density at radius 3 is 2.88 bits per heavy atom. The standard InChI is InChI=1S/C14H20FN/c1-3-4-5-6-7-10-16-14-11-13(15)9-8-12(14)2/h3,8-9,11,16H,1,4-7,10H2,2H3. The fraction of sp³-hybridized carbons (Fsp3) is 0.429. The zero-order chi connectivity index (χ0) is 11.8. The molecule has 0 heterocycles. The lowest BCUT2D eigenvalue weighted by atomic mass is 10.1. The fourth-order valence-corrected chi connectivity index (χ4v) is 1.60. The van der Waals surface area contributed by atoms with Crippen molar-refractivity contribution < 1.29 is 4.39 Å². The number of unbranched alkanes of at least 4 members (excludes halogenated alkanes) is 3.